The molecule has 0 radical (unpaired) electrons. The van der Waals surface area contributed by atoms with Crippen molar-refractivity contribution in [1.29, 1.82) is 0 Å². The lowest BCUT2D eigenvalue weighted by Gasteiger charge is -2.19. The Labute approximate surface area is 114 Å². The number of amides is 1. The van der Waals surface area contributed by atoms with Gasteiger partial charge in [0.1, 0.15) is 5.75 Å². The molecule has 4 nitrogen and oxygen atoms in total. The van der Waals surface area contributed by atoms with Crippen molar-refractivity contribution in [2.45, 2.75) is 31.4 Å². The molecule has 2 rings (SSSR count). The molecule has 0 aliphatic heterocycles. The van der Waals surface area contributed by atoms with Gasteiger partial charge in [-0.25, -0.2) is 0 Å². The fraction of sp³-hybridized carbons (Fsp3) is 0.462. The van der Waals surface area contributed by atoms with Crippen molar-refractivity contribution in [1.82, 2.24) is 5.32 Å². The summed E-state index contributed by atoms with van der Waals surface area (Å²) in [6.45, 7) is 0. The second-order valence-electron chi connectivity index (χ2n) is 4.45. The maximum atomic E-state index is 12.1. The average Bonchev–Trinajstić information content (AvgIpc) is 2.76. The fourth-order valence-corrected chi connectivity index (χ4v) is 2.67. The highest BCUT2D eigenvalue weighted by atomic mass is 79.9. The number of aromatic hydroxyl groups is 1. The van der Waals surface area contributed by atoms with Crippen LogP contribution in [-0.4, -0.2) is 30.3 Å². The zero-order chi connectivity index (χ0) is 13.1. The zero-order valence-corrected chi connectivity index (χ0v) is 11.7. The summed E-state index contributed by atoms with van der Waals surface area (Å²) < 4.78 is 6.07. The third-order valence-electron chi connectivity index (χ3n) is 3.28. The van der Waals surface area contributed by atoms with E-state index in [9.17, 15) is 9.90 Å². The molecular weight excluding hydrogens is 298 g/mol. The Morgan fingerprint density at radius 1 is 1.50 bits per heavy atom. The van der Waals surface area contributed by atoms with Crippen LogP contribution in [0.4, 0.5) is 0 Å². The number of nitrogens with one attached hydrogen (secondary N) is 1. The summed E-state index contributed by atoms with van der Waals surface area (Å²) in [4.78, 5) is 12.1. The lowest BCUT2D eigenvalue weighted by atomic mass is 10.1. The maximum absolute atomic E-state index is 12.1. The van der Waals surface area contributed by atoms with Crippen LogP contribution in [0.5, 0.6) is 5.75 Å². The van der Waals surface area contributed by atoms with Crippen LogP contribution in [0, 0.1) is 0 Å². The molecule has 2 atom stereocenters. The van der Waals surface area contributed by atoms with E-state index in [-0.39, 0.29) is 23.8 Å². The monoisotopic (exact) mass is 313 g/mol. The Morgan fingerprint density at radius 2 is 2.28 bits per heavy atom. The van der Waals surface area contributed by atoms with E-state index in [0.717, 1.165) is 23.7 Å². The predicted octanol–water partition coefficient (Wildman–Crippen LogP) is 2.45. The van der Waals surface area contributed by atoms with Gasteiger partial charge in [0.15, 0.2) is 0 Å². The van der Waals surface area contributed by atoms with Gasteiger partial charge in [-0.3, -0.25) is 4.79 Å². The molecule has 2 N–H and O–H groups in total. The Kier molecular flexibility index (Phi) is 4.24. The molecule has 1 aromatic carbocycles. The summed E-state index contributed by atoms with van der Waals surface area (Å²) in [7, 11) is 1.66. The fourth-order valence-electron chi connectivity index (χ4n) is 2.32. The SMILES string of the molecule is COC1CCCC1NC(=O)c1ccc(Br)cc1O. The van der Waals surface area contributed by atoms with Crippen LogP contribution in [0.15, 0.2) is 22.7 Å². The molecule has 18 heavy (non-hydrogen) atoms. The topological polar surface area (TPSA) is 58.6 Å². The van der Waals surface area contributed by atoms with Gasteiger partial charge in [0, 0.05) is 11.6 Å². The van der Waals surface area contributed by atoms with Crippen LogP contribution in [-0.2, 0) is 4.74 Å². The number of ether oxygens (including phenoxy) is 1. The van der Waals surface area contributed by atoms with Crippen molar-refractivity contribution >= 4 is 21.8 Å². The third-order valence-corrected chi connectivity index (χ3v) is 3.77. The standard InChI is InChI=1S/C13H16BrNO3/c1-18-12-4-2-3-10(12)15-13(17)9-6-5-8(14)7-11(9)16/h5-7,10,12,16H,2-4H2,1H3,(H,15,17). The van der Waals surface area contributed by atoms with Gasteiger partial charge in [-0.2, -0.15) is 0 Å². The number of phenols is 1. The first-order valence-corrected chi connectivity index (χ1v) is 6.73. The minimum absolute atomic E-state index is 0.0196. The second kappa shape index (κ2) is 5.71. The third kappa shape index (κ3) is 2.84. The molecule has 98 valence electrons. The van der Waals surface area contributed by atoms with Gasteiger partial charge in [-0.15, -0.1) is 0 Å². The molecule has 0 aromatic heterocycles. The van der Waals surface area contributed by atoms with Crippen molar-refractivity contribution in [2.75, 3.05) is 7.11 Å². The molecule has 0 saturated heterocycles. The quantitative estimate of drug-likeness (QED) is 0.901. The van der Waals surface area contributed by atoms with Crippen molar-refractivity contribution in [2.24, 2.45) is 0 Å². The number of methoxy groups -OCH3 is 1. The number of carbonyl (C=O) groups excluding carboxylic acids is 1. The van der Waals surface area contributed by atoms with E-state index < -0.39 is 0 Å². The predicted molar refractivity (Wildman–Crippen MR) is 71.7 cm³/mol. The second-order valence-corrected chi connectivity index (χ2v) is 5.36. The van der Waals surface area contributed by atoms with E-state index in [1.54, 1.807) is 19.2 Å². The van der Waals surface area contributed by atoms with Crippen molar-refractivity contribution in [3.05, 3.63) is 28.2 Å². The van der Waals surface area contributed by atoms with Gasteiger partial charge >= 0.3 is 0 Å². The van der Waals surface area contributed by atoms with Gasteiger partial charge in [0.2, 0.25) is 0 Å². The highest BCUT2D eigenvalue weighted by Crippen LogP contribution is 2.25. The van der Waals surface area contributed by atoms with E-state index in [1.807, 2.05) is 0 Å². The van der Waals surface area contributed by atoms with Crippen molar-refractivity contribution < 1.29 is 14.6 Å². The molecule has 1 aliphatic rings. The van der Waals surface area contributed by atoms with E-state index in [1.165, 1.54) is 6.07 Å². The van der Waals surface area contributed by atoms with Crippen LogP contribution in [0.3, 0.4) is 0 Å². The first-order valence-electron chi connectivity index (χ1n) is 5.94. The van der Waals surface area contributed by atoms with Gasteiger partial charge in [0.25, 0.3) is 5.91 Å². The first-order chi connectivity index (χ1) is 8.61. The Bertz CT molecular complexity index is 450. The van der Waals surface area contributed by atoms with Gasteiger partial charge in [-0.1, -0.05) is 15.9 Å². The van der Waals surface area contributed by atoms with Crippen molar-refractivity contribution in [3.63, 3.8) is 0 Å². The molecule has 5 heteroatoms. The van der Waals surface area contributed by atoms with E-state index in [4.69, 9.17) is 4.74 Å². The number of rotatable bonds is 3. The van der Waals surface area contributed by atoms with Crippen LogP contribution >= 0.6 is 15.9 Å². The summed E-state index contributed by atoms with van der Waals surface area (Å²) >= 11 is 3.24. The summed E-state index contributed by atoms with van der Waals surface area (Å²) in [5.41, 5.74) is 0.292. The summed E-state index contributed by atoms with van der Waals surface area (Å²) in [6.07, 6.45) is 3.01. The highest BCUT2D eigenvalue weighted by Gasteiger charge is 2.29. The number of hydrogen-bond donors (Lipinski definition) is 2. The maximum Gasteiger partial charge on any atom is 0.255 e. The lowest BCUT2D eigenvalue weighted by molar-refractivity contribution is 0.0720. The highest BCUT2D eigenvalue weighted by molar-refractivity contribution is 9.10. The van der Waals surface area contributed by atoms with Crippen LogP contribution in [0.2, 0.25) is 0 Å². The largest absolute Gasteiger partial charge is 0.507 e. The minimum atomic E-state index is -0.256. The Morgan fingerprint density at radius 3 is 2.94 bits per heavy atom. The zero-order valence-electron chi connectivity index (χ0n) is 10.1. The Balaban J connectivity index is 2.07. The average molecular weight is 314 g/mol. The molecule has 0 heterocycles. The number of phenolic OH excluding ortho intramolecular Hbond substituents is 1. The summed E-state index contributed by atoms with van der Waals surface area (Å²) in [6, 6.07) is 4.88. The van der Waals surface area contributed by atoms with Gasteiger partial charge < -0.3 is 15.2 Å². The smallest absolute Gasteiger partial charge is 0.255 e. The van der Waals surface area contributed by atoms with Crippen LogP contribution in [0.1, 0.15) is 29.6 Å². The molecule has 1 aliphatic carbocycles. The van der Waals surface area contributed by atoms with E-state index >= 15 is 0 Å². The molecule has 0 bridgehead atoms. The van der Waals surface area contributed by atoms with E-state index in [0.29, 0.717) is 5.56 Å². The molecule has 1 aromatic rings. The van der Waals surface area contributed by atoms with Gasteiger partial charge in [0.05, 0.1) is 17.7 Å². The molecular formula is C13H16BrNO3. The Hall–Kier alpha value is -1.07. The van der Waals surface area contributed by atoms with Gasteiger partial charge in [-0.05, 0) is 37.5 Å². The molecule has 1 amide bonds. The molecule has 0 spiro atoms. The summed E-state index contributed by atoms with van der Waals surface area (Å²) in [5.74, 6) is -0.275. The number of hydrogen-bond acceptors (Lipinski definition) is 3. The van der Waals surface area contributed by atoms with E-state index in [2.05, 4.69) is 21.2 Å². The molecule has 1 fully saturated rings. The minimum Gasteiger partial charge on any atom is -0.507 e. The van der Waals surface area contributed by atoms with Crippen molar-refractivity contribution in [3.8, 4) is 5.75 Å². The van der Waals surface area contributed by atoms with Crippen LogP contribution < -0.4 is 5.32 Å². The normalized spacial score (nSPS) is 23.0. The summed E-state index contributed by atoms with van der Waals surface area (Å²) in [5, 5.41) is 12.7. The number of carbonyl (C=O) groups is 1. The van der Waals surface area contributed by atoms with Crippen LogP contribution in [0.25, 0.3) is 0 Å². The molecule has 1 saturated carbocycles. The molecule has 2 unspecified atom stereocenters. The first kappa shape index (κ1) is 13.4. The lowest BCUT2D eigenvalue weighted by Crippen LogP contribution is -2.40. The number of halogens is 1. The number of benzene rings is 1.